The molecule has 0 spiro atoms. The van der Waals surface area contributed by atoms with E-state index in [0.717, 1.165) is 43.1 Å². The highest BCUT2D eigenvalue weighted by molar-refractivity contribution is 5.86. The van der Waals surface area contributed by atoms with Gasteiger partial charge in [0.05, 0.1) is 12.7 Å². The number of carbonyl (C=O) groups is 1. The minimum absolute atomic E-state index is 0.281. The maximum Gasteiger partial charge on any atom is 0.333 e. The first kappa shape index (κ1) is 15.1. The van der Waals surface area contributed by atoms with E-state index in [1.54, 1.807) is 6.92 Å². The molecule has 21 heavy (non-hydrogen) atoms. The molecule has 118 valence electrons. The molecule has 3 nitrogen and oxygen atoms in total. The van der Waals surface area contributed by atoms with E-state index >= 15 is 0 Å². The summed E-state index contributed by atoms with van der Waals surface area (Å²) in [6, 6.07) is 0. The normalized spacial score (nSPS) is 36.7. The molecule has 0 aromatic rings. The third kappa shape index (κ3) is 3.18. The number of unbranched alkanes of at least 4 members (excludes halogenated alkanes) is 1. The van der Waals surface area contributed by atoms with Crippen molar-refractivity contribution >= 4 is 5.97 Å². The minimum Gasteiger partial charge on any atom is -0.462 e. The maximum atomic E-state index is 11.2. The molecule has 0 aromatic heterocycles. The maximum absolute atomic E-state index is 11.2. The number of hydrogen-bond acceptors (Lipinski definition) is 3. The number of esters is 1. The zero-order valence-corrected chi connectivity index (χ0v) is 13.2. The molecule has 0 radical (unpaired) electrons. The lowest BCUT2D eigenvalue weighted by atomic mass is 9.80. The molecule has 0 saturated heterocycles. The van der Waals surface area contributed by atoms with E-state index in [2.05, 4.69) is 6.58 Å². The van der Waals surface area contributed by atoms with Gasteiger partial charge in [-0.15, -0.1) is 0 Å². The molecule has 0 N–H and O–H groups in total. The van der Waals surface area contributed by atoms with Gasteiger partial charge in [-0.25, -0.2) is 4.79 Å². The monoisotopic (exact) mass is 292 g/mol. The van der Waals surface area contributed by atoms with Crippen molar-refractivity contribution in [2.45, 2.75) is 58.0 Å². The summed E-state index contributed by atoms with van der Waals surface area (Å²) >= 11 is 0. The average Bonchev–Trinajstić information content (AvgIpc) is 3.13. The van der Waals surface area contributed by atoms with Crippen molar-refractivity contribution in [2.24, 2.45) is 23.7 Å². The first-order chi connectivity index (χ1) is 10.2. The fourth-order valence-corrected chi connectivity index (χ4v) is 4.92. The first-order valence-corrected chi connectivity index (χ1v) is 8.61. The molecular weight excluding hydrogens is 264 g/mol. The molecule has 3 rings (SSSR count). The average molecular weight is 292 g/mol. The van der Waals surface area contributed by atoms with Gasteiger partial charge in [0.25, 0.3) is 0 Å². The third-order valence-corrected chi connectivity index (χ3v) is 5.82. The smallest absolute Gasteiger partial charge is 0.333 e. The van der Waals surface area contributed by atoms with Crippen molar-refractivity contribution in [1.82, 2.24) is 0 Å². The van der Waals surface area contributed by atoms with Gasteiger partial charge in [0.2, 0.25) is 0 Å². The Balaban J connectivity index is 1.29. The highest BCUT2D eigenvalue weighted by Crippen LogP contribution is 2.59. The third-order valence-electron chi connectivity index (χ3n) is 5.82. The first-order valence-electron chi connectivity index (χ1n) is 8.61. The van der Waals surface area contributed by atoms with E-state index in [1.807, 2.05) is 0 Å². The summed E-state index contributed by atoms with van der Waals surface area (Å²) in [5, 5.41) is 0. The van der Waals surface area contributed by atoms with E-state index in [1.165, 1.54) is 32.1 Å². The fraction of sp³-hybridized carbons (Fsp3) is 0.833. The summed E-state index contributed by atoms with van der Waals surface area (Å²) in [7, 11) is 0. The van der Waals surface area contributed by atoms with E-state index in [-0.39, 0.29) is 5.97 Å². The molecule has 3 heteroatoms. The predicted octanol–water partition coefficient (Wildman–Crippen LogP) is 3.73. The molecule has 3 aliphatic carbocycles. The molecule has 0 aromatic carbocycles. The number of hydrogen-bond donors (Lipinski definition) is 0. The molecule has 0 amide bonds. The van der Waals surface area contributed by atoms with Crippen LogP contribution in [0.25, 0.3) is 0 Å². The number of carbonyl (C=O) groups excluding carboxylic acids is 1. The van der Waals surface area contributed by atoms with E-state index in [4.69, 9.17) is 9.47 Å². The second-order valence-electron chi connectivity index (χ2n) is 7.19. The van der Waals surface area contributed by atoms with Crippen LogP contribution in [0.4, 0.5) is 0 Å². The molecule has 5 atom stereocenters. The second kappa shape index (κ2) is 6.51. The van der Waals surface area contributed by atoms with Gasteiger partial charge < -0.3 is 9.47 Å². The van der Waals surface area contributed by atoms with Gasteiger partial charge in [-0.05, 0) is 69.1 Å². The van der Waals surface area contributed by atoms with Crippen LogP contribution in [0.3, 0.4) is 0 Å². The van der Waals surface area contributed by atoms with Gasteiger partial charge in [-0.1, -0.05) is 13.0 Å². The lowest BCUT2D eigenvalue weighted by Gasteiger charge is -2.31. The van der Waals surface area contributed by atoms with Crippen LogP contribution in [0, 0.1) is 23.7 Å². The van der Waals surface area contributed by atoms with Crippen LogP contribution in [-0.4, -0.2) is 25.3 Å². The van der Waals surface area contributed by atoms with Gasteiger partial charge in [-0.2, -0.15) is 0 Å². The van der Waals surface area contributed by atoms with Crippen molar-refractivity contribution in [3.8, 4) is 0 Å². The number of ether oxygens (including phenoxy) is 2. The summed E-state index contributed by atoms with van der Waals surface area (Å²) in [6.07, 6.45) is 9.48. The Bertz CT molecular complexity index is 403. The Morgan fingerprint density at radius 3 is 2.67 bits per heavy atom. The second-order valence-corrected chi connectivity index (χ2v) is 7.19. The van der Waals surface area contributed by atoms with Crippen molar-refractivity contribution in [3.63, 3.8) is 0 Å². The van der Waals surface area contributed by atoms with Crippen molar-refractivity contribution in [3.05, 3.63) is 12.2 Å². The van der Waals surface area contributed by atoms with Crippen LogP contribution in [0.2, 0.25) is 0 Å². The lowest BCUT2D eigenvalue weighted by Crippen LogP contribution is -2.30. The summed E-state index contributed by atoms with van der Waals surface area (Å²) < 4.78 is 11.2. The zero-order valence-electron chi connectivity index (χ0n) is 13.2. The van der Waals surface area contributed by atoms with Crippen LogP contribution in [-0.2, 0) is 14.3 Å². The molecule has 0 heterocycles. The van der Waals surface area contributed by atoms with Crippen LogP contribution >= 0.6 is 0 Å². The summed E-state index contributed by atoms with van der Waals surface area (Å²) in [4.78, 5) is 11.2. The number of rotatable bonds is 7. The Morgan fingerprint density at radius 1 is 1.10 bits per heavy atom. The van der Waals surface area contributed by atoms with Gasteiger partial charge >= 0.3 is 5.97 Å². The molecule has 3 fully saturated rings. The van der Waals surface area contributed by atoms with Crippen LogP contribution in [0.15, 0.2) is 12.2 Å². The zero-order chi connectivity index (χ0) is 14.8. The minimum atomic E-state index is -0.281. The van der Waals surface area contributed by atoms with E-state index < -0.39 is 0 Å². The number of fused-ring (bicyclic) bond motifs is 5. The van der Waals surface area contributed by atoms with Crippen LogP contribution < -0.4 is 0 Å². The SMILES string of the molecule is C=C(C)C(=O)OCCCCOC1CC2CC1C1CCCC21. The Morgan fingerprint density at radius 2 is 1.86 bits per heavy atom. The fourth-order valence-electron chi connectivity index (χ4n) is 4.92. The topological polar surface area (TPSA) is 35.5 Å². The quantitative estimate of drug-likeness (QED) is 0.407. The van der Waals surface area contributed by atoms with E-state index in [9.17, 15) is 4.79 Å². The van der Waals surface area contributed by atoms with Crippen molar-refractivity contribution in [1.29, 1.82) is 0 Å². The molecular formula is C18H28O3. The standard InChI is InChI=1S/C18H28O3/c1-12(2)18(19)21-9-4-3-8-20-17-11-13-10-16(17)15-7-5-6-14(13)15/h13-17H,1,3-11H2,2H3. The molecule has 3 saturated carbocycles. The summed E-state index contributed by atoms with van der Waals surface area (Å²) in [5.41, 5.74) is 0.472. The van der Waals surface area contributed by atoms with Gasteiger partial charge in [0.15, 0.2) is 0 Å². The Hall–Kier alpha value is -0.830. The van der Waals surface area contributed by atoms with Gasteiger partial charge in [-0.3, -0.25) is 0 Å². The lowest BCUT2D eigenvalue weighted by molar-refractivity contribution is -0.139. The van der Waals surface area contributed by atoms with Crippen molar-refractivity contribution in [2.75, 3.05) is 13.2 Å². The van der Waals surface area contributed by atoms with Gasteiger partial charge in [0, 0.05) is 12.2 Å². The van der Waals surface area contributed by atoms with Crippen molar-refractivity contribution < 1.29 is 14.3 Å². The van der Waals surface area contributed by atoms with E-state index in [0.29, 0.717) is 18.3 Å². The molecule has 0 aliphatic heterocycles. The predicted molar refractivity (Wildman–Crippen MR) is 81.8 cm³/mol. The highest BCUT2D eigenvalue weighted by Gasteiger charge is 2.54. The molecule has 3 aliphatic rings. The Labute approximate surface area is 128 Å². The summed E-state index contributed by atoms with van der Waals surface area (Å²) in [6.45, 7) is 6.55. The van der Waals surface area contributed by atoms with Crippen LogP contribution in [0.1, 0.15) is 51.9 Å². The largest absolute Gasteiger partial charge is 0.462 e. The van der Waals surface area contributed by atoms with Gasteiger partial charge in [0.1, 0.15) is 0 Å². The molecule has 2 bridgehead atoms. The Kier molecular flexibility index (Phi) is 4.68. The van der Waals surface area contributed by atoms with Crippen LogP contribution in [0.5, 0.6) is 0 Å². The summed E-state index contributed by atoms with van der Waals surface area (Å²) in [5.74, 6) is 3.55. The highest BCUT2D eigenvalue weighted by atomic mass is 16.5. The molecule has 5 unspecified atom stereocenters.